The van der Waals surface area contributed by atoms with Crippen molar-refractivity contribution in [1.29, 1.82) is 0 Å². The predicted octanol–water partition coefficient (Wildman–Crippen LogP) is 13.6. The van der Waals surface area contributed by atoms with Crippen LogP contribution in [0.5, 0.6) is 0 Å². The van der Waals surface area contributed by atoms with Gasteiger partial charge in [0.25, 0.3) is 0 Å². The van der Waals surface area contributed by atoms with Gasteiger partial charge >= 0.3 is 0 Å². The molecule has 10 rings (SSSR count). The summed E-state index contributed by atoms with van der Waals surface area (Å²) in [5, 5.41) is 10.3. The van der Waals surface area contributed by atoms with Crippen molar-refractivity contribution in [2.24, 2.45) is 0 Å². The predicted molar refractivity (Wildman–Crippen MR) is 210 cm³/mol. The third-order valence-electron chi connectivity index (χ3n) is 11.0. The van der Waals surface area contributed by atoms with Gasteiger partial charge in [-0.05, 0) is 105 Å². The summed E-state index contributed by atoms with van der Waals surface area (Å²) in [6.07, 6.45) is 0. The summed E-state index contributed by atoms with van der Waals surface area (Å²) in [6, 6.07) is 63.1. The van der Waals surface area contributed by atoms with E-state index in [0.29, 0.717) is 0 Å². The standard InChI is InChI=1S/C49H34/c1-49(2)43-27-13-26-42(48(43)47-37-20-6-4-15-32(37)28-29-44(47)49)46-40-23-9-7-21-38(40)45(39-22-8-10-24-41(39)46)34-18-11-17-33(30-34)36-25-12-16-31-14-3-5-19-35(31)36/h3-30H,1-2H3. The van der Waals surface area contributed by atoms with Crippen molar-refractivity contribution in [3.63, 3.8) is 0 Å². The molecule has 0 heterocycles. The van der Waals surface area contributed by atoms with Crippen molar-refractivity contribution in [2.45, 2.75) is 19.3 Å². The van der Waals surface area contributed by atoms with Crippen LogP contribution in [0.4, 0.5) is 0 Å². The van der Waals surface area contributed by atoms with Crippen LogP contribution in [0.25, 0.3) is 87.6 Å². The molecule has 9 aromatic rings. The second kappa shape index (κ2) is 10.5. The molecule has 0 saturated heterocycles. The number of fused-ring (bicyclic) bond motifs is 8. The smallest absolute Gasteiger partial charge is 0.0159 e. The first-order valence-corrected chi connectivity index (χ1v) is 17.3. The van der Waals surface area contributed by atoms with Gasteiger partial charge in [-0.25, -0.2) is 0 Å². The fourth-order valence-electron chi connectivity index (χ4n) is 8.81. The minimum atomic E-state index is -0.0989. The number of hydrogen-bond donors (Lipinski definition) is 0. The molecule has 0 spiro atoms. The molecule has 1 aliphatic rings. The van der Waals surface area contributed by atoms with Crippen LogP contribution in [0.15, 0.2) is 170 Å². The van der Waals surface area contributed by atoms with Gasteiger partial charge in [-0.15, -0.1) is 0 Å². The van der Waals surface area contributed by atoms with Crippen molar-refractivity contribution >= 4 is 43.1 Å². The summed E-state index contributed by atoms with van der Waals surface area (Å²) in [4.78, 5) is 0. The van der Waals surface area contributed by atoms with E-state index in [-0.39, 0.29) is 5.41 Å². The second-order valence-corrected chi connectivity index (χ2v) is 14.0. The monoisotopic (exact) mass is 622 g/mol. The zero-order valence-corrected chi connectivity index (χ0v) is 27.7. The summed E-state index contributed by atoms with van der Waals surface area (Å²) in [5.74, 6) is 0. The third kappa shape index (κ3) is 4.04. The Kier molecular flexibility index (Phi) is 6.02. The average molecular weight is 623 g/mol. The van der Waals surface area contributed by atoms with Crippen LogP contribution in [0, 0.1) is 0 Å². The highest BCUT2D eigenvalue weighted by atomic mass is 14.4. The highest BCUT2D eigenvalue weighted by molar-refractivity contribution is 6.23. The van der Waals surface area contributed by atoms with Crippen LogP contribution >= 0.6 is 0 Å². The van der Waals surface area contributed by atoms with E-state index < -0.39 is 0 Å². The Labute approximate surface area is 286 Å². The third-order valence-corrected chi connectivity index (χ3v) is 11.0. The lowest BCUT2D eigenvalue weighted by Crippen LogP contribution is -2.14. The molecule has 0 N–H and O–H groups in total. The molecule has 230 valence electrons. The Morgan fingerprint density at radius 1 is 0.306 bits per heavy atom. The van der Waals surface area contributed by atoms with Crippen LogP contribution in [0.1, 0.15) is 25.0 Å². The SMILES string of the molecule is CC1(C)c2cccc(-c3c4ccccc4c(-c4cccc(-c5cccc6ccccc56)c4)c4ccccc34)c2-c2c1ccc1ccccc21. The molecule has 0 atom stereocenters. The van der Waals surface area contributed by atoms with Gasteiger partial charge in [-0.2, -0.15) is 0 Å². The molecule has 0 radical (unpaired) electrons. The topological polar surface area (TPSA) is 0 Å². The first-order valence-electron chi connectivity index (χ1n) is 17.3. The van der Waals surface area contributed by atoms with Gasteiger partial charge in [0.1, 0.15) is 0 Å². The normalized spacial score (nSPS) is 13.3. The Morgan fingerprint density at radius 3 is 1.51 bits per heavy atom. The molecule has 0 fully saturated rings. The van der Waals surface area contributed by atoms with E-state index in [1.807, 2.05) is 0 Å². The number of rotatable bonds is 3. The molecule has 0 heteroatoms. The Bertz CT molecular complexity index is 2730. The molecule has 9 aromatic carbocycles. The quantitative estimate of drug-likeness (QED) is 0.172. The van der Waals surface area contributed by atoms with E-state index in [4.69, 9.17) is 0 Å². The molecule has 0 bridgehead atoms. The first-order chi connectivity index (χ1) is 24.1. The molecule has 0 amide bonds. The fraction of sp³-hybridized carbons (Fsp3) is 0.0612. The van der Waals surface area contributed by atoms with Crippen molar-refractivity contribution in [2.75, 3.05) is 0 Å². The van der Waals surface area contributed by atoms with Gasteiger partial charge in [0.2, 0.25) is 0 Å². The van der Waals surface area contributed by atoms with E-state index >= 15 is 0 Å². The minimum absolute atomic E-state index is 0.0989. The summed E-state index contributed by atoms with van der Waals surface area (Å²) < 4.78 is 0. The van der Waals surface area contributed by atoms with Crippen molar-refractivity contribution < 1.29 is 0 Å². The van der Waals surface area contributed by atoms with E-state index in [2.05, 4.69) is 184 Å². The van der Waals surface area contributed by atoms with Crippen LogP contribution in [-0.2, 0) is 5.41 Å². The summed E-state index contributed by atoms with van der Waals surface area (Å²) >= 11 is 0. The zero-order valence-electron chi connectivity index (χ0n) is 27.7. The maximum atomic E-state index is 2.39. The number of hydrogen-bond acceptors (Lipinski definition) is 0. The summed E-state index contributed by atoms with van der Waals surface area (Å²) in [7, 11) is 0. The molecule has 0 saturated carbocycles. The van der Waals surface area contributed by atoms with E-state index in [1.54, 1.807) is 0 Å². The number of benzene rings is 9. The molecule has 0 aromatic heterocycles. The summed E-state index contributed by atoms with van der Waals surface area (Å²) in [5.41, 5.74) is 13.1. The molecular formula is C49H34. The second-order valence-electron chi connectivity index (χ2n) is 14.0. The molecule has 0 aliphatic heterocycles. The maximum absolute atomic E-state index is 2.39. The lowest BCUT2D eigenvalue weighted by molar-refractivity contribution is 0.661. The minimum Gasteiger partial charge on any atom is -0.0616 e. The average Bonchev–Trinajstić information content (AvgIpc) is 3.40. The van der Waals surface area contributed by atoms with Crippen LogP contribution in [-0.4, -0.2) is 0 Å². The zero-order chi connectivity index (χ0) is 32.7. The molecule has 0 nitrogen and oxygen atoms in total. The van der Waals surface area contributed by atoms with Crippen molar-refractivity contribution in [1.82, 2.24) is 0 Å². The van der Waals surface area contributed by atoms with Crippen LogP contribution in [0.3, 0.4) is 0 Å². The van der Waals surface area contributed by atoms with Crippen molar-refractivity contribution in [3.05, 3.63) is 181 Å². The highest BCUT2D eigenvalue weighted by Crippen LogP contribution is 2.56. The largest absolute Gasteiger partial charge is 0.0616 e. The Morgan fingerprint density at radius 2 is 0.796 bits per heavy atom. The lowest BCUT2D eigenvalue weighted by atomic mass is 9.80. The van der Waals surface area contributed by atoms with E-state index in [0.717, 1.165) is 0 Å². The van der Waals surface area contributed by atoms with E-state index in [9.17, 15) is 0 Å². The van der Waals surface area contributed by atoms with E-state index in [1.165, 1.54) is 98.7 Å². The van der Waals surface area contributed by atoms with Gasteiger partial charge in [0.05, 0.1) is 0 Å². The van der Waals surface area contributed by atoms with Gasteiger partial charge in [0.15, 0.2) is 0 Å². The Balaban J connectivity index is 1.28. The maximum Gasteiger partial charge on any atom is 0.0159 e. The Hall–Kier alpha value is -5.98. The lowest BCUT2D eigenvalue weighted by Gasteiger charge is -2.22. The van der Waals surface area contributed by atoms with Gasteiger partial charge in [-0.1, -0.05) is 178 Å². The van der Waals surface area contributed by atoms with Crippen LogP contribution < -0.4 is 0 Å². The first kappa shape index (κ1) is 28.1. The van der Waals surface area contributed by atoms with Gasteiger partial charge in [0, 0.05) is 5.41 Å². The molecular weight excluding hydrogens is 589 g/mol. The van der Waals surface area contributed by atoms with Crippen LogP contribution in [0.2, 0.25) is 0 Å². The molecule has 0 unspecified atom stereocenters. The summed E-state index contributed by atoms with van der Waals surface area (Å²) in [6.45, 7) is 4.77. The highest BCUT2D eigenvalue weighted by Gasteiger charge is 2.38. The van der Waals surface area contributed by atoms with Gasteiger partial charge < -0.3 is 0 Å². The van der Waals surface area contributed by atoms with Crippen molar-refractivity contribution in [3.8, 4) is 44.5 Å². The van der Waals surface area contributed by atoms with Gasteiger partial charge in [-0.3, -0.25) is 0 Å². The fourth-order valence-corrected chi connectivity index (χ4v) is 8.81. The molecule has 49 heavy (non-hydrogen) atoms. The molecule has 1 aliphatic carbocycles.